The van der Waals surface area contributed by atoms with Crippen molar-refractivity contribution < 1.29 is 4.79 Å². The third-order valence-corrected chi connectivity index (χ3v) is 5.09. The number of nitrogens with two attached hydrogens (primary N) is 1. The molecule has 6 heteroatoms. The van der Waals surface area contributed by atoms with Gasteiger partial charge in [0.05, 0.1) is 5.75 Å². The van der Waals surface area contributed by atoms with Gasteiger partial charge in [-0.05, 0) is 25.2 Å². The molecule has 0 saturated heterocycles. The molecule has 0 aliphatic heterocycles. The van der Waals surface area contributed by atoms with E-state index >= 15 is 0 Å². The number of amides is 1. The van der Waals surface area contributed by atoms with Gasteiger partial charge in [0.1, 0.15) is 5.82 Å². The molecule has 3 atom stereocenters. The van der Waals surface area contributed by atoms with Gasteiger partial charge in [-0.15, -0.1) is 0 Å². The van der Waals surface area contributed by atoms with Crippen LogP contribution in [0.4, 0.5) is 5.82 Å². The van der Waals surface area contributed by atoms with Crippen molar-refractivity contribution in [3.05, 3.63) is 11.8 Å². The third kappa shape index (κ3) is 4.59. The van der Waals surface area contributed by atoms with Crippen LogP contribution in [-0.2, 0) is 4.79 Å². The number of thioether (sulfide) groups is 1. The summed E-state index contributed by atoms with van der Waals surface area (Å²) in [5, 5.41) is 3.71. The first-order chi connectivity index (χ1) is 9.95. The van der Waals surface area contributed by atoms with Crippen LogP contribution in [0.3, 0.4) is 0 Å². The van der Waals surface area contributed by atoms with E-state index in [-0.39, 0.29) is 5.91 Å². The Bertz CT molecular complexity index is 488. The van der Waals surface area contributed by atoms with Gasteiger partial charge in [0.25, 0.3) is 0 Å². The van der Waals surface area contributed by atoms with Gasteiger partial charge < -0.3 is 11.1 Å². The summed E-state index contributed by atoms with van der Waals surface area (Å²) in [5.41, 5.74) is 6.50. The molecule has 1 amide bonds. The second-order valence-corrected chi connectivity index (χ2v) is 6.89. The summed E-state index contributed by atoms with van der Waals surface area (Å²) in [7, 11) is 0. The monoisotopic (exact) mass is 308 g/mol. The van der Waals surface area contributed by atoms with Crippen molar-refractivity contribution in [2.45, 2.75) is 51.2 Å². The number of nitrogens with one attached hydrogen (secondary N) is 1. The maximum absolute atomic E-state index is 12.1. The zero-order valence-corrected chi connectivity index (χ0v) is 13.7. The van der Waals surface area contributed by atoms with Crippen molar-refractivity contribution in [1.82, 2.24) is 15.3 Å². The molecule has 21 heavy (non-hydrogen) atoms. The fourth-order valence-electron chi connectivity index (χ4n) is 2.79. The number of nitrogens with zero attached hydrogens (tertiary/aromatic N) is 2. The summed E-state index contributed by atoms with van der Waals surface area (Å²) < 4.78 is 0. The number of aryl methyl sites for hydroxylation is 1. The van der Waals surface area contributed by atoms with Gasteiger partial charge in [0, 0.05) is 17.8 Å². The summed E-state index contributed by atoms with van der Waals surface area (Å²) in [6.07, 6.45) is 3.54. The van der Waals surface area contributed by atoms with Crippen molar-refractivity contribution in [3.8, 4) is 0 Å². The van der Waals surface area contributed by atoms with Crippen LogP contribution >= 0.6 is 11.8 Å². The zero-order valence-electron chi connectivity index (χ0n) is 12.9. The van der Waals surface area contributed by atoms with E-state index in [2.05, 4.69) is 29.1 Å². The molecule has 1 fully saturated rings. The SMILES string of the molecule is Cc1cc(N)nc(SCC(=O)N[C@@H]2CCC[C@H](C)[C@H]2C)n1. The standard InChI is InChI=1S/C15H24N4OS/c1-9-5-4-6-12(11(9)3)18-14(20)8-21-15-17-10(2)7-13(16)19-15/h7,9,11-12H,4-6,8H2,1-3H3,(H,18,20)(H2,16,17,19)/t9-,11+,12+/m0/s1. The number of aromatic nitrogens is 2. The highest BCUT2D eigenvalue weighted by Gasteiger charge is 2.28. The van der Waals surface area contributed by atoms with Crippen molar-refractivity contribution in [2.24, 2.45) is 11.8 Å². The third-order valence-electron chi connectivity index (χ3n) is 4.24. The van der Waals surface area contributed by atoms with Crippen LogP contribution in [0.25, 0.3) is 0 Å². The van der Waals surface area contributed by atoms with Gasteiger partial charge in [-0.2, -0.15) is 0 Å². The number of hydrogen-bond acceptors (Lipinski definition) is 5. The topological polar surface area (TPSA) is 80.9 Å². The van der Waals surface area contributed by atoms with Crippen LogP contribution < -0.4 is 11.1 Å². The minimum absolute atomic E-state index is 0.0506. The Morgan fingerprint density at radius 2 is 2.19 bits per heavy atom. The highest BCUT2D eigenvalue weighted by Crippen LogP contribution is 2.29. The average molecular weight is 308 g/mol. The lowest BCUT2D eigenvalue weighted by Gasteiger charge is -2.34. The number of hydrogen-bond donors (Lipinski definition) is 2. The second kappa shape index (κ2) is 7.11. The van der Waals surface area contributed by atoms with Crippen LogP contribution in [0.2, 0.25) is 0 Å². The lowest BCUT2D eigenvalue weighted by atomic mass is 9.78. The van der Waals surface area contributed by atoms with Crippen molar-refractivity contribution in [3.63, 3.8) is 0 Å². The Morgan fingerprint density at radius 1 is 1.43 bits per heavy atom. The molecule has 1 aliphatic rings. The van der Waals surface area contributed by atoms with Gasteiger partial charge in [0.15, 0.2) is 5.16 Å². The van der Waals surface area contributed by atoms with Gasteiger partial charge in [0.2, 0.25) is 5.91 Å². The molecular formula is C15H24N4OS. The highest BCUT2D eigenvalue weighted by atomic mass is 32.2. The van der Waals surface area contributed by atoms with E-state index in [9.17, 15) is 4.79 Å². The highest BCUT2D eigenvalue weighted by molar-refractivity contribution is 7.99. The van der Waals surface area contributed by atoms with E-state index in [0.29, 0.717) is 34.6 Å². The Morgan fingerprint density at radius 3 is 2.90 bits per heavy atom. The maximum Gasteiger partial charge on any atom is 0.230 e. The van der Waals surface area contributed by atoms with Gasteiger partial charge >= 0.3 is 0 Å². The van der Waals surface area contributed by atoms with E-state index < -0.39 is 0 Å². The van der Waals surface area contributed by atoms with Crippen LogP contribution in [0.15, 0.2) is 11.2 Å². The summed E-state index contributed by atoms with van der Waals surface area (Å²) in [6, 6.07) is 2.01. The summed E-state index contributed by atoms with van der Waals surface area (Å²) in [4.78, 5) is 20.5. The first kappa shape index (κ1) is 16.1. The van der Waals surface area contributed by atoms with E-state index in [4.69, 9.17) is 5.73 Å². The second-order valence-electron chi connectivity index (χ2n) is 5.95. The lowest BCUT2D eigenvalue weighted by molar-refractivity contribution is -0.120. The number of carbonyl (C=O) groups is 1. The van der Waals surface area contributed by atoms with Gasteiger partial charge in [-0.3, -0.25) is 4.79 Å². The van der Waals surface area contributed by atoms with Crippen LogP contribution in [0.1, 0.15) is 38.8 Å². The number of rotatable bonds is 4. The predicted molar refractivity (Wildman–Crippen MR) is 86.0 cm³/mol. The summed E-state index contributed by atoms with van der Waals surface area (Å²) >= 11 is 1.33. The molecule has 0 spiro atoms. The van der Waals surface area contributed by atoms with Crippen molar-refractivity contribution in [2.75, 3.05) is 11.5 Å². The average Bonchev–Trinajstić information content (AvgIpc) is 2.41. The fourth-order valence-corrected chi connectivity index (χ4v) is 3.52. The molecule has 1 saturated carbocycles. The Balaban J connectivity index is 1.84. The molecule has 1 aromatic heterocycles. The smallest absolute Gasteiger partial charge is 0.230 e. The van der Waals surface area contributed by atoms with E-state index in [0.717, 1.165) is 12.1 Å². The first-order valence-corrected chi connectivity index (χ1v) is 8.47. The van der Waals surface area contributed by atoms with E-state index in [1.165, 1.54) is 24.6 Å². The predicted octanol–water partition coefficient (Wildman–Crippen LogP) is 2.40. The van der Waals surface area contributed by atoms with Crippen molar-refractivity contribution in [1.29, 1.82) is 0 Å². The van der Waals surface area contributed by atoms with Gasteiger partial charge in [-0.1, -0.05) is 38.5 Å². The quantitative estimate of drug-likeness (QED) is 0.659. The van der Waals surface area contributed by atoms with Gasteiger partial charge in [-0.25, -0.2) is 9.97 Å². The molecule has 1 aromatic rings. The molecule has 0 unspecified atom stereocenters. The molecule has 0 radical (unpaired) electrons. The normalized spacial score (nSPS) is 25.6. The van der Waals surface area contributed by atoms with Crippen LogP contribution in [-0.4, -0.2) is 27.7 Å². The molecule has 1 aliphatic carbocycles. The van der Waals surface area contributed by atoms with Crippen LogP contribution in [0, 0.1) is 18.8 Å². The van der Waals surface area contributed by atoms with E-state index in [1.54, 1.807) is 6.07 Å². The lowest BCUT2D eigenvalue weighted by Crippen LogP contribution is -2.44. The molecule has 0 aromatic carbocycles. The van der Waals surface area contributed by atoms with E-state index in [1.807, 2.05) is 6.92 Å². The number of anilines is 1. The Kier molecular flexibility index (Phi) is 5.45. The molecule has 3 N–H and O–H groups in total. The Hall–Kier alpha value is -1.30. The zero-order chi connectivity index (χ0) is 15.4. The molecule has 0 bridgehead atoms. The fraction of sp³-hybridized carbons (Fsp3) is 0.667. The van der Waals surface area contributed by atoms with Crippen LogP contribution in [0.5, 0.6) is 0 Å². The minimum Gasteiger partial charge on any atom is -0.384 e. The molecule has 2 rings (SSSR count). The first-order valence-electron chi connectivity index (χ1n) is 7.49. The van der Waals surface area contributed by atoms with Crippen molar-refractivity contribution >= 4 is 23.5 Å². The Labute approximate surface area is 130 Å². The largest absolute Gasteiger partial charge is 0.384 e. The minimum atomic E-state index is 0.0506. The molecular weight excluding hydrogens is 284 g/mol. The summed E-state index contributed by atoms with van der Waals surface area (Å²) in [6.45, 7) is 6.36. The maximum atomic E-state index is 12.1. The number of nitrogen functional groups attached to an aromatic ring is 1. The molecule has 116 valence electrons. The summed E-state index contributed by atoms with van der Waals surface area (Å²) in [5.74, 6) is 2.05. The molecule has 1 heterocycles. The molecule has 5 nitrogen and oxygen atoms in total. The number of carbonyl (C=O) groups excluding carboxylic acids is 1.